The maximum atomic E-state index is 13.1. The second-order valence-corrected chi connectivity index (χ2v) is 8.38. The second-order valence-electron chi connectivity index (χ2n) is 8.38. The molecule has 1 amide bonds. The fourth-order valence-corrected chi connectivity index (χ4v) is 3.77. The highest BCUT2D eigenvalue weighted by Gasteiger charge is 2.20. The molecule has 0 unspecified atom stereocenters. The first-order valence-electron chi connectivity index (χ1n) is 11.5. The van der Waals surface area contributed by atoms with Gasteiger partial charge < -0.3 is 19.5 Å². The molecular formula is C27H28N4O5. The molecule has 0 atom stereocenters. The minimum Gasteiger partial charge on any atom is -0.493 e. The van der Waals surface area contributed by atoms with E-state index in [1.807, 2.05) is 50.2 Å². The average molecular weight is 489 g/mol. The Labute approximate surface area is 209 Å². The van der Waals surface area contributed by atoms with Crippen LogP contribution < -0.4 is 14.8 Å². The first-order valence-corrected chi connectivity index (χ1v) is 11.5. The first kappa shape index (κ1) is 24.7. The largest absolute Gasteiger partial charge is 0.493 e. The number of nitrogens with one attached hydrogen (secondary N) is 1. The lowest BCUT2D eigenvalue weighted by molar-refractivity contribution is -0.124. The molecule has 4 rings (SSSR count). The number of benzene rings is 2. The van der Waals surface area contributed by atoms with E-state index in [9.17, 15) is 9.59 Å². The van der Waals surface area contributed by atoms with Gasteiger partial charge in [-0.3, -0.25) is 4.79 Å². The number of pyridine rings is 1. The predicted molar refractivity (Wildman–Crippen MR) is 135 cm³/mol. The highest BCUT2D eigenvalue weighted by atomic mass is 16.5. The van der Waals surface area contributed by atoms with Gasteiger partial charge in [-0.2, -0.15) is 5.10 Å². The van der Waals surface area contributed by atoms with Crippen LogP contribution in [0.2, 0.25) is 0 Å². The minimum atomic E-state index is -0.621. The summed E-state index contributed by atoms with van der Waals surface area (Å²) in [7, 11) is 3.10. The minimum absolute atomic E-state index is 0.0484. The van der Waals surface area contributed by atoms with E-state index in [1.54, 1.807) is 43.3 Å². The number of hydrogen-bond donors (Lipinski definition) is 1. The van der Waals surface area contributed by atoms with E-state index in [0.717, 1.165) is 11.1 Å². The normalized spacial score (nSPS) is 10.9. The summed E-state index contributed by atoms with van der Waals surface area (Å²) in [4.78, 5) is 30.2. The van der Waals surface area contributed by atoms with E-state index in [1.165, 1.54) is 0 Å². The number of methoxy groups -OCH3 is 2. The van der Waals surface area contributed by atoms with E-state index < -0.39 is 18.5 Å². The zero-order valence-corrected chi connectivity index (χ0v) is 20.6. The molecule has 2 aromatic heterocycles. The van der Waals surface area contributed by atoms with Crippen molar-refractivity contribution in [3.8, 4) is 22.8 Å². The fraction of sp³-hybridized carbons (Fsp3) is 0.259. The van der Waals surface area contributed by atoms with Crippen molar-refractivity contribution in [1.82, 2.24) is 20.1 Å². The topological polar surface area (TPSA) is 105 Å². The molecule has 0 fully saturated rings. The van der Waals surface area contributed by atoms with Crippen LogP contribution in [0, 0.1) is 0 Å². The van der Waals surface area contributed by atoms with E-state index >= 15 is 0 Å². The summed E-state index contributed by atoms with van der Waals surface area (Å²) in [6.45, 7) is 3.80. The van der Waals surface area contributed by atoms with Crippen molar-refractivity contribution in [2.45, 2.75) is 26.4 Å². The third-order valence-corrected chi connectivity index (χ3v) is 5.62. The number of hydrogen-bond acceptors (Lipinski definition) is 7. The molecule has 1 N–H and O–H groups in total. The number of aromatic nitrogens is 3. The van der Waals surface area contributed by atoms with E-state index in [0.29, 0.717) is 33.8 Å². The van der Waals surface area contributed by atoms with Crippen molar-refractivity contribution in [2.24, 2.45) is 0 Å². The number of carbonyl (C=O) groups excluding carboxylic acids is 2. The Hall–Kier alpha value is -4.40. The Bertz CT molecular complexity index is 1380. The molecule has 0 aliphatic carbocycles. The molecule has 9 heteroatoms. The monoisotopic (exact) mass is 488 g/mol. The molecule has 4 aromatic rings. The summed E-state index contributed by atoms with van der Waals surface area (Å²) in [5.74, 6) is 0.114. The van der Waals surface area contributed by atoms with Gasteiger partial charge in [-0.15, -0.1) is 0 Å². The molecular weight excluding hydrogens is 460 g/mol. The molecule has 0 saturated carbocycles. The Kier molecular flexibility index (Phi) is 7.48. The van der Waals surface area contributed by atoms with Crippen LogP contribution in [0.1, 0.15) is 35.8 Å². The molecule has 0 aliphatic heterocycles. The molecule has 0 radical (unpaired) electrons. The number of amides is 1. The molecule has 0 saturated heterocycles. The Morgan fingerprint density at radius 1 is 1.00 bits per heavy atom. The Morgan fingerprint density at radius 3 is 2.44 bits per heavy atom. The van der Waals surface area contributed by atoms with Gasteiger partial charge in [0.1, 0.15) is 0 Å². The van der Waals surface area contributed by atoms with Crippen LogP contribution in [0.25, 0.3) is 22.3 Å². The summed E-state index contributed by atoms with van der Waals surface area (Å²) in [5, 5.41) is 7.72. The highest BCUT2D eigenvalue weighted by molar-refractivity contribution is 6.04. The van der Waals surface area contributed by atoms with Gasteiger partial charge in [0.25, 0.3) is 5.91 Å². The lowest BCUT2D eigenvalue weighted by Gasteiger charge is -2.12. The zero-order chi connectivity index (χ0) is 25.7. The van der Waals surface area contributed by atoms with Crippen LogP contribution in [-0.2, 0) is 16.1 Å². The van der Waals surface area contributed by atoms with Crippen LogP contribution >= 0.6 is 0 Å². The molecule has 0 aliphatic rings. The van der Waals surface area contributed by atoms with Gasteiger partial charge in [-0.25, -0.2) is 14.5 Å². The van der Waals surface area contributed by atoms with Gasteiger partial charge >= 0.3 is 5.97 Å². The van der Waals surface area contributed by atoms with Crippen LogP contribution in [0.3, 0.4) is 0 Å². The number of ether oxygens (including phenoxy) is 3. The van der Waals surface area contributed by atoms with E-state index in [4.69, 9.17) is 19.2 Å². The third kappa shape index (κ3) is 5.30. The maximum Gasteiger partial charge on any atom is 0.339 e. The predicted octanol–water partition coefficient (Wildman–Crippen LogP) is 4.17. The van der Waals surface area contributed by atoms with Crippen LogP contribution in [0.15, 0.2) is 60.8 Å². The number of nitrogens with zero attached hydrogens (tertiary/aromatic N) is 3. The molecule has 0 bridgehead atoms. The van der Waals surface area contributed by atoms with Gasteiger partial charge in [-0.05, 0) is 37.6 Å². The smallest absolute Gasteiger partial charge is 0.339 e. The SMILES string of the molecule is COc1ccc(CNC(=O)COC(=O)c2cc(-c3ccccc3)nc3c2cnn3C(C)C)cc1OC. The van der Waals surface area contributed by atoms with Gasteiger partial charge in [0, 0.05) is 18.2 Å². The number of esters is 1. The lowest BCUT2D eigenvalue weighted by atomic mass is 10.1. The summed E-state index contributed by atoms with van der Waals surface area (Å²) in [5.41, 5.74) is 3.18. The first-order chi connectivity index (χ1) is 17.4. The quantitative estimate of drug-likeness (QED) is 0.353. The van der Waals surface area contributed by atoms with Crippen molar-refractivity contribution in [2.75, 3.05) is 20.8 Å². The Morgan fingerprint density at radius 2 is 1.75 bits per heavy atom. The van der Waals surface area contributed by atoms with E-state index in [2.05, 4.69) is 10.4 Å². The maximum absolute atomic E-state index is 13.1. The van der Waals surface area contributed by atoms with Gasteiger partial charge in [0.05, 0.1) is 37.1 Å². The van der Waals surface area contributed by atoms with Gasteiger partial charge in [0.15, 0.2) is 23.8 Å². The standard InChI is InChI=1S/C27H28N4O5/c1-17(2)31-26-21(15-29-31)20(13-22(30-26)19-8-6-5-7-9-19)27(33)36-16-25(32)28-14-18-10-11-23(34-3)24(12-18)35-4/h5-13,15,17H,14,16H2,1-4H3,(H,28,32). The molecule has 186 valence electrons. The van der Waals surface area contributed by atoms with Crippen molar-refractivity contribution in [1.29, 1.82) is 0 Å². The van der Waals surface area contributed by atoms with Crippen molar-refractivity contribution in [3.05, 3.63) is 71.9 Å². The molecule has 2 aromatic carbocycles. The highest BCUT2D eigenvalue weighted by Crippen LogP contribution is 2.28. The van der Waals surface area contributed by atoms with Gasteiger partial charge in [-0.1, -0.05) is 36.4 Å². The van der Waals surface area contributed by atoms with E-state index in [-0.39, 0.29) is 12.6 Å². The number of carbonyl (C=O) groups is 2. The summed E-state index contributed by atoms with van der Waals surface area (Å²) < 4.78 is 17.6. The summed E-state index contributed by atoms with van der Waals surface area (Å²) >= 11 is 0. The van der Waals surface area contributed by atoms with Crippen LogP contribution in [0.4, 0.5) is 0 Å². The van der Waals surface area contributed by atoms with Crippen LogP contribution in [-0.4, -0.2) is 47.5 Å². The molecule has 36 heavy (non-hydrogen) atoms. The number of fused-ring (bicyclic) bond motifs is 1. The second kappa shape index (κ2) is 10.9. The van der Waals surface area contributed by atoms with Crippen LogP contribution in [0.5, 0.6) is 11.5 Å². The average Bonchev–Trinajstić information content (AvgIpc) is 3.34. The summed E-state index contributed by atoms with van der Waals surface area (Å²) in [6, 6.07) is 16.6. The van der Waals surface area contributed by atoms with Gasteiger partial charge in [0.2, 0.25) is 0 Å². The van der Waals surface area contributed by atoms with Crippen molar-refractivity contribution >= 4 is 22.9 Å². The molecule has 2 heterocycles. The third-order valence-electron chi connectivity index (χ3n) is 5.62. The molecule has 9 nitrogen and oxygen atoms in total. The summed E-state index contributed by atoms with van der Waals surface area (Å²) in [6.07, 6.45) is 1.60. The lowest BCUT2D eigenvalue weighted by Crippen LogP contribution is -2.28. The number of rotatable bonds is 9. The zero-order valence-electron chi connectivity index (χ0n) is 20.6. The van der Waals surface area contributed by atoms with Crippen molar-refractivity contribution in [3.63, 3.8) is 0 Å². The molecule has 0 spiro atoms. The fourth-order valence-electron chi connectivity index (χ4n) is 3.77. The Balaban J connectivity index is 1.49. The van der Waals surface area contributed by atoms with Crippen molar-refractivity contribution < 1.29 is 23.8 Å².